The fourth-order valence-corrected chi connectivity index (χ4v) is 5.35. The highest BCUT2D eigenvalue weighted by molar-refractivity contribution is 6.18. The summed E-state index contributed by atoms with van der Waals surface area (Å²) < 4.78 is 6.37. The van der Waals surface area contributed by atoms with E-state index in [9.17, 15) is 5.53 Å². The Morgan fingerprint density at radius 2 is 1.53 bits per heavy atom. The third kappa shape index (κ3) is 5.69. The molecular formula is C33H36N4O. The first-order chi connectivity index (χ1) is 18.8. The molecule has 3 aromatic carbocycles. The highest BCUT2D eigenvalue weighted by atomic mass is 16.5. The van der Waals surface area contributed by atoms with E-state index in [0.717, 1.165) is 45.0 Å². The van der Waals surface area contributed by atoms with E-state index in [1.54, 1.807) is 6.08 Å². The van der Waals surface area contributed by atoms with Crippen LogP contribution in [0.25, 0.3) is 44.7 Å². The molecule has 5 heteroatoms. The Hall–Kier alpha value is -3.82. The van der Waals surface area contributed by atoms with Crippen LogP contribution in [0.3, 0.4) is 0 Å². The van der Waals surface area contributed by atoms with Crippen LogP contribution in [0.2, 0.25) is 0 Å². The molecule has 0 atom stereocenters. The molecule has 0 unspecified atom stereocenters. The van der Waals surface area contributed by atoms with E-state index in [1.807, 2.05) is 42.5 Å². The van der Waals surface area contributed by atoms with Gasteiger partial charge in [-0.25, -0.2) is 9.97 Å². The lowest BCUT2D eigenvalue weighted by Crippen LogP contribution is -2.10. The van der Waals surface area contributed by atoms with Crippen LogP contribution in [0, 0.1) is 0 Å². The Bertz CT molecular complexity index is 1500. The van der Waals surface area contributed by atoms with Crippen molar-refractivity contribution < 1.29 is 9.53 Å². The van der Waals surface area contributed by atoms with E-state index in [4.69, 9.17) is 14.7 Å². The van der Waals surface area contributed by atoms with E-state index >= 15 is 0 Å². The van der Waals surface area contributed by atoms with Gasteiger partial charge in [-0.05, 0) is 41.0 Å². The lowest BCUT2D eigenvalue weighted by atomic mass is 9.97. The average molecular weight is 505 g/mol. The summed E-state index contributed by atoms with van der Waals surface area (Å²) in [6, 6.07) is 18.4. The van der Waals surface area contributed by atoms with Crippen molar-refractivity contribution in [2.24, 2.45) is 0 Å². The van der Waals surface area contributed by atoms with Crippen molar-refractivity contribution >= 4 is 33.5 Å². The molecule has 0 saturated carbocycles. The molecule has 0 aliphatic heterocycles. The fraction of sp³-hybridized carbons (Fsp3) is 0.364. The number of nitrogens with zero attached hydrogens (tertiary/aromatic N) is 4. The monoisotopic (exact) mass is 504 g/mol. The maximum absolute atomic E-state index is 9.68. The molecule has 0 fully saturated rings. The molecule has 0 saturated heterocycles. The molecule has 38 heavy (non-hydrogen) atoms. The van der Waals surface area contributed by atoms with Gasteiger partial charge in [-0.2, -0.15) is 4.79 Å². The molecule has 1 aliphatic carbocycles. The Morgan fingerprint density at radius 3 is 2.32 bits per heavy atom. The van der Waals surface area contributed by atoms with Crippen molar-refractivity contribution in [1.29, 1.82) is 0 Å². The standard InChI is InChI=1S/C33H36N4O/c1-2-3-4-5-6-7-8-9-10-13-23-38-29-22-20-24-15-11-12-17-26(24)31(29)33-35-27-18-14-16-25-19-21-28(37-34)32(36-33)30(25)27/h11-12,14-22H,2-10,13,23H2,1H3. The van der Waals surface area contributed by atoms with Crippen molar-refractivity contribution in [3.05, 3.63) is 77.5 Å². The second-order valence-corrected chi connectivity index (χ2v) is 10.1. The summed E-state index contributed by atoms with van der Waals surface area (Å²) in [6.07, 6.45) is 16.7. The molecule has 1 aliphatic rings. The number of aromatic nitrogens is 2. The predicted octanol–water partition coefficient (Wildman–Crippen LogP) is 8.80. The molecule has 1 heterocycles. The number of fused-ring (bicyclic) bond motifs is 1. The molecule has 1 aromatic heterocycles. The van der Waals surface area contributed by atoms with Gasteiger partial charge in [-0.1, -0.05) is 107 Å². The minimum Gasteiger partial charge on any atom is -0.493 e. The molecule has 194 valence electrons. The molecule has 5 rings (SSSR count). The SMILES string of the molecule is CCCCCCCCCCCCOc1ccc2ccccc2c1-c1nc2c3c(cccc3n1)C=CC2=[N+]=[N-]. The highest BCUT2D eigenvalue weighted by Gasteiger charge is 2.25. The van der Waals surface area contributed by atoms with Crippen LogP contribution in [0.5, 0.6) is 5.75 Å². The second kappa shape index (κ2) is 12.6. The molecule has 0 N–H and O–H groups in total. The Balaban J connectivity index is 1.35. The molecular weight excluding hydrogens is 468 g/mol. The van der Waals surface area contributed by atoms with E-state index < -0.39 is 0 Å². The summed E-state index contributed by atoms with van der Waals surface area (Å²) >= 11 is 0. The lowest BCUT2D eigenvalue weighted by Gasteiger charge is -2.16. The van der Waals surface area contributed by atoms with E-state index in [-0.39, 0.29) is 0 Å². The van der Waals surface area contributed by atoms with Crippen LogP contribution in [-0.2, 0) is 0 Å². The molecule has 5 nitrogen and oxygen atoms in total. The summed E-state index contributed by atoms with van der Waals surface area (Å²) in [5.74, 6) is 1.37. The van der Waals surface area contributed by atoms with Gasteiger partial charge in [0.1, 0.15) is 5.75 Å². The first kappa shape index (κ1) is 25.8. The van der Waals surface area contributed by atoms with Crippen LogP contribution in [0.4, 0.5) is 0 Å². The predicted molar refractivity (Wildman–Crippen MR) is 157 cm³/mol. The van der Waals surface area contributed by atoms with Crippen LogP contribution < -0.4 is 4.74 Å². The molecule has 4 aromatic rings. The van der Waals surface area contributed by atoms with Crippen molar-refractivity contribution in [2.45, 2.75) is 71.1 Å². The van der Waals surface area contributed by atoms with Crippen molar-refractivity contribution in [3.63, 3.8) is 0 Å². The van der Waals surface area contributed by atoms with Gasteiger partial charge in [0.25, 0.3) is 0 Å². The maximum Gasteiger partial charge on any atom is 0.341 e. The number of hydrogen-bond donors (Lipinski definition) is 0. The summed E-state index contributed by atoms with van der Waals surface area (Å²) in [5.41, 5.74) is 13.5. The molecule has 0 amide bonds. The number of rotatable bonds is 13. The minimum atomic E-state index is 0.436. The van der Waals surface area contributed by atoms with Gasteiger partial charge in [0.15, 0.2) is 11.5 Å². The second-order valence-electron chi connectivity index (χ2n) is 10.1. The van der Waals surface area contributed by atoms with Crippen LogP contribution >= 0.6 is 0 Å². The first-order valence-electron chi connectivity index (χ1n) is 14.2. The van der Waals surface area contributed by atoms with Crippen LogP contribution in [0.1, 0.15) is 82.4 Å². The largest absolute Gasteiger partial charge is 0.493 e. The molecule has 0 bridgehead atoms. The topological polar surface area (TPSA) is 71.4 Å². The van der Waals surface area contributed by atoms with Crippen LogP contribution in [-0.4, -0.2) is 27.1 Å². The van der Waals surface area contributed by atoms with E-state index in [0.29, 0.717) is 23.8 Å². The average Bonchev–Trinajstić information content (AvgIpc) is 2.96. The zero-order valence-corrected chi connectivity index (χ0v) is 22.3. The smallest absolute Gasteiger partial charge is 0.341 e. The Morgan fingerprint density at radius 1 is 0.763 bits per heavy atom. The lowest BCUT2D eigenvalue weighted by molar-refractivity contribution is -0.00232. The number of hydrogen-bond acceptors (Lipinski definition) is 3. The quantitative estimate of drug-likeness (QED) is 0.104. The first-order valence-corrected chi connectivity index (χ1v) is 14.2. The minimum absolute atomic E-state index is 0.436. The number of unbranched alkanes of at least 4 members (excludes halogenated alkanes) is 9. The zero-order chi connectivity index (χ0) is 26.2. The van der Waals surface area contributed by atoms with Gasteiger partial charge in [-0.3, -0.25) is 0 Å². The number of benzene rings is 3. The zero-order valence-electron chi connectivity index (χ0n) is 22.3. The Kier molecular flexibility index (Phi) is 8.57. The van der Waals surface area contributed by atoms with E-state index in [1.165, 1.54) is 57.8 Å². The van der Waals surface area contributed by atoms with Gasteiger partial charge in [0, 0.05) is 11.5 Å². The summed E-state index contributed by atoms with van der Waals surface area (Å²) in [6.45, 7) is 2.93. The van der Waals surface area contributed by atoms with E-state index in [2.05, 4.69) is 29.9 Å². The third-order valence-corrected chi connectivity index (χ3v) is 7.40. The van der Waals surface area contributed by atoms with Crippen molar-refractivity contribution in [1.82, 2.24) is 9.97 Å². The third-order valence-electron chi connectivity index (χ3n) is 7.40. The van der Waals surface area contributed by atoms with Gasteiger partial charge in [0.05, 0.1) is 17.7 Å². The highest BCUT2D eigenvalue weighted by Crippen LogP contribution is 2.37. The number of ether oxygens (including phenoxy) is 1. The summed E-state index contributed by atoms with van der Waals surface area (Å²) in [4.78, 5) is 13.4. The summed E-state index contributed by atoms with van der Waals surface area (Å²) in [5, 5.41) is 3.06. The van der Waals surface area contributed by atoms with Crippen molar-refractivity contribution in [3.8, 4) is 17.1 Å². The van der Waals surface area contributed by atoms with Gasteiger partial charge in [-0.15, -0.1) is 0 Å². The number of allylic oxidation sites excluding steroid dienone is 1. The Labute approximate surface area is 225 Å². The van der Waals surface area contributed by atoms with Crippen LogP contribution in [0.15, 0.2) is 60.7 Å². The maximum atomic E-state index is 9.68. The normalized spacial score (nSPS) is 12.3. The van der Waals surface area contributed by atoms with Gasteiger partial charge >= 0.3 is 5.71 Å². The van der Waals surface area contributed by atoms with Crippen molar-refractivity contribution in [2.75, 3.05) is 6.61 Å². The van der Waals surface area contributed by atoms with Gasteiger partial charge < -0.3 is 10.3 Å². The summed E-state index contributed by atoms with van der Waals surface area (Å²) in [7, 11) is 0. The molecule has 0 radical (unpaired) electrons. The fourth-order valence-electron chi connectivity index (χ4n) is 5.35. The molecule has 0 spiro atoms. The van der Waals surface area contributed by atoms with Gasteiger partial charge in [0.2, 0.25) is 0 Å².